The average Bonchev–Trinajstić information content (AvgIpc) is 2.63. The van der Waals surface area contributed by atoms with Crippen LogP contribution < -0.4 is 0 Å². The first-order valence-electron chi connectivity index (χ1n) is 7.03. The fourth-order valence-electron chi connectivity index (χ4n) is 2.82. The molecule has 0 amide bonds. The van der Waals surface area contributed by atoms with Crippen molar-refractivity contribution in [3.05, 3.63) is 11.7 Å². The Hall–Kier alpha value is -1.44. The van der Waals surface area contributed by atoms with Crippen molar-refractivity contribution in [1.82, 2.24) is 10.1 Å². The number of aliphatic carboxylic acids is 1. The maximum absolute atomic E-state index is 11.7. The summed E-state index contributed by atoms with van der Waals surface area (Å²) in [5.74, 6) is -0.844. The molecule has 7 nitrogen and oxygen atoms in total. The number of sulfone groups is 1. The highest BCUT2D eigenvalue weighted by atomic mass is 32.2. The molecule has 0 atom stereocenters. The molecule has 0 unspecified atom stereocenters. The Bertz CT molecular complexity index is 600. The molecule has 1 saturated carbocycles. The van der Waals surface area contributed by atoms with Crippen LogP contribution in [0, 0.1) is 5.41 Å². The standard InChI is InChI=1S/C13H20N2O5S/c1-21(18,19)9-10-14-11(20-15-10)8-13(12(16)17)6-4-2-3-5-7-13/h2-9H2,1H3,(H,16,17). The Labute approximate surface area is 123 Å². The van der Waals surface area contributed by atoms with Crippen molar-refractivity contribution >= 4 is 15.8 Å². The number of hydrogen-bond acceptors (Lipinski definition) is 6. The normalized spacial score (nSPS) is 19.1. The van der Waals surface area contributed by atoms with E-state index < -0.39 is 21.2 Å². The van der Waals surface area contributed by atoms with Gasteiger partial charge in [-0.3, -0.25) is 4.79 Å². The van der Waals surface area contributed by atoms with Crippen molar-refractivity contribution in [1.29, 1.82) is 0 Å². The van der Waals surface area contributed by atoms with Crippen LogP contribution in [-0.2, 0) is 26.8 Å². The Kier molecular flexibility index (Phi) is 4.65. The summed E-state index contributed by atoms with van der Waals surface area (Å²) in [6.45, 7) is 0. The zero-order chi connectivity index (χ0) is 15.5. The zero-order valence-electron chi connectivity index (χ0n) is 12.0. The molecule has 0 aliphatic heterocycles. The maximum Gasteiger partial charge on any atom is 0.310 e. The third-order valence-corrected chi connectivity index (χ3v) is 4.69. The lowest BCUT2D eigenvalue weighted by Gasteiger charge is -2.26. The van der Waals surface area contributed by atoms with E-state index in [1.807, 2.05) is 0 Å². The zero-order valence-corrected chi connectivity index (χ0v) is 12.9. The molecule has 1 aromatic heterocycles. The van der Waals surface area contributed by atoms with Gasteiger partial charge >= 0.3 is 5.97 Å². The van der Waals surface area contributed by atoms with Crippen molar-refractivity contribution in [2.24, 2.45) is 5.41 Å². The van der Waals surface area contributed by atoms with Crippen molar-refractivity contribution in [2.45, 2.75) is 50.7 Å². The summed E-state index contributed by atoms with van der Waals surface area (Å²) in [4.78, 5) is 15.7. The molecule has 118 valence electrons. The van der Waals surface area contributed by atoms with E-state index in [-0.39, 0.29) is 23.9 Å². The summed E-state index contributed by atoms with van der Waals surface area (Å²) in [5, 5.41) is 13.2. The SMILES string of the molecule is CS(=O)(=O)Cc1noc(CC2(C(=O)O)CCCCCC2)n1. The highest BCUT2D eigenvalue weighted by molar-refractivity contribution is 7.89. The quantitative estimate of drug-likeness (QED) is 0.821. The van der Waals surface area contributed by atoms with Crippen molar-refractivity contribution in [3.8, 4) is 0 Å². The molecule has 1 N–H and O–H groups in total. The number of aromatic nitrogens is 2. The Morgan fingerprint density at radius 1 is 1.29 bits per heavy atom. The molecule has 0 spiro atoms. The first-order chi connectivity index (χ1) is 9.81. The van der Waals surface area contributed by atoms with Gasteiger partial charge in [0, 0.05) is 12.7 Å². The monoisotopic (exact) mass is 316 g/mol. The Morgan fingerprint density at radius 3 is 2.43 bits per heavy atom. The minimum atomic E-state index is -3.24. The van der Waals surface area contributed by atoms with Crippen LogP contribution in [0.1, 0.15) is 50.2 Å². The molecule has 1 heterocycles. The van der Waals surface area contributed by atoms with Gasteiger partial charge in [-0.25, -0.2) is 8.42 Å². The van der Waals surface area contributed by atoms with Gasteiger partial charge in [0.15, 0.2) is 15.7 Å². The molecule has 1 aliphatic carbocycles. The molecular weight excluding hydrogens is 296 g/mol. The highest BCUT2D eigenvalue weighted by Gasteiger charge is 2.40. The van der Waals surface area contributed by atoms with Gasteiger partial charge in [0.25, 0.3) is 0 Å². The van der Waals surface area contributed by atoms with Gasteiger partial charge in [0.05, 0.1) is 5.41 Å². The van der Waals surface area contributed by atoms with Crippen LogP contribution in [0.15, 0.2) is 4.52 Å². The summed E-state index contributed by atoms with van der Waals surface area (Å²) in [6.07, 6.45) is 6.26. The Morgan fingerprint density at radius 2 is 1.90 bits per heavy atom. The number of carboxylic acids is 1. The van der Waals surface area contributed by atoms with E-state index in [4.69, 9.17) is 4.52 Å². The summed E-state index contributed by atoms with van der Waals surface area (Å²) >= 11 is 0. The number of carbonyl (C=O) groups is 1. The van der Waals surface area contributed by atoms with Crippen LogP contribution in [0.2, 0.25) is 0 Å². The average molecular weight is 316 g/mol. The van der Waals surface area contributed by atoms with E-state index >= 15 is 0 Å². The minimum absolute atomic E-state index is 0.0849. The number of nitrogens with zero attached hydrogens (tertiary/aromatic N) is 2. The van der Waals surface area contributed by atoms with E-state index in [1.165, 1.54) is 0 Å². The van der Waals surface area contributed by atoms with E-state index in [1.54, 1.807) is 0 Å². The number of hydrogen-bond donors (Lipinski definition) is 1. The largest absolute Gasteiger partial charge is 0.481 e. The first-order valence-corrected chi connectivity index (χ1v) is 9.09. The molecule has 1 aromatic rings. The van der Waals surface area contributed by atoms with Gasteiger partial charge in [-0.1, -0.05) is 30.8 Å². The van der Waals surface area contributed by atoms with Gasteiger partial charge in [0.2, 0.25) is 5.89 Å². The van der Waals surface area contributed by atoms with Crippen LogP contribution >= 0.6 is 0 Å². The second-order valence-electron chi connectivity index (χ2n) is 5.85. The Balaban J connectivity index is 2.15. The fraction of sp³-hybridized carbons (Fsp3) is 0.769. The van der Waals surface area contributed by atoms with E-state index in [9.17, 15) is 18.3 Å². The molecule has 8 heteroatoms. The fourth-order valence-corrected chi connectivity index (χ4v) is 3.40. The van der Waals surface area contributed by atoms with Crippen molar-refractivity contribution in [2.75, 3.05) is 6.26 Å². The predicted molar refractivity (Wildman–Crippen MR) is 74.3 cm³/mol. The van der Waals surface area contributed by atoms with Crippen molar-refractivity contribution < 1.29 is 22.8 Å². The summed E-state index contributed by atoms with van der Waals surface area (Å²) in [6, 6.07) is 0. The maximum atomic E-state index is 11.7. The van der Waals surface area contributed by atoms with Crippen LogP contribution in [0.4, 0.5) is 0 Å². The lowest BCUT2D eigenvalue weighted by molar-refractivity contribution is -0.150. The number of rotatable bonds is 5. The topological polar surface area (TPSA) is 110 Å². The van der Waals surface area contributed by atoms with Gasteiger partial charge in [0.1, 0.15) is 5.75 Å². The van der Waals surface area contributed by atoms with Gasteiger partial charge < -0.3 is 9.63 Å². The second-order valence-corrected chi connectivity index (χ2v) is 7.99. The molecule has 1 aliphatic rings. The van der Waals surface area contributed by atoms with Crippen LogP contribution in [-0.4, -0.2) is 35.9 Å². The molecular formula is C13H20N2O5S. The summed E-state index contributed by atoms with van der Waals surface area (Å²) < 4.78 is 27.4. The van der Waals surface area contributed by atoms with Crippen LogP contribution in [0.25, 0.3) is 0 Å². The van der Waals surface area contributed by atoms with Crippen LogP contribution in [0.3, 0.4) is 0 Å². The summed E-state index contributed by atoms with van der Waals surface area (Å²) in [5.41, 5.74) is -0.870. The van der Waals surface area contributed by atoms with Gasteiger partial charge in [-0.2, -0.15) is 4.98 Å². The molecule has 0 bridgehead atoms. The van der Waals surface area contributed by atoms with E-state index in [0.717, 1.165) is 31.9 Å². The minimum Gasteiger partial charge on any atom is -0.481 e. The first kappa shape index (κ1) is 15.9. The molecule has 0 saturated heterocycles. The molecule has 2 rings (SSSR count). The smallest absolute Gasteiger partial charge is 0.310 e. The molecule has 0 radical (unpaired) electrons. The molecule has 0 aromatic carbocycles. The van der Waals surface area contributed by atoms with Crippen molar-refractivity contribution in [3.63, 3.8) is 0 Å². The number of carboxylic acid groups (broad SMARTS) is 1. The third-order valence-electron chi connectivity index (χ3n) is 3.91. The van der Waals surface area contributed by atoms with Gasteiger partial charge in [-0.15, -0.1) is 0 Å². The lowest BCUT2D eigenvalue weighted by Crippen LogP contribution is -2.33. The van der Waals surface area contributed by atoms with Crippen LogP contribution in [0.5, 0.6) is 0 Å². The summed E-state index contributed by atoms with van der Waals surface area (Å²) in [7, 11) is -3.24. The van der Waals surface area contributed by atoms with E-state index in [0.29, 0.717) is 12.8 Å². The highest BCUT2D eigenvalue weighted by Crippen LogP contribution is 2.38. The molecule has 1 fully saturated rings. The third kappa shape index (κ3) is 4.26. The lowest BCUT2D eigenvalue weighted by atomic mass is 9.77. The van der Waals surface area contributed by atoms with E-state index in [2.05, 4.69) is 10.1 Å². The molecule has 21 heavy (non-hydrogen) atoms. The second kappa shape index (κ2) is 6.13. The predicted octanol–water partition coefficient (Wildman–Crippen LogP) is 1.58. The van der Waals surface area contributed by atoms with Gasteiger partial charge in [-0.05, 0) is 12.8 Å².